The molecular formula is C12H11ClN2O2. The summed E-state index contributed by atoms with van der Waals surface area (Å²) in [6.07, 6.45) is 3.14. The van der Waals surface area contributed by atoms with Gasteiger partial charge >= 0.3 is 0 Å². The van der Waals surface area contributed by atoms with E-state index in [2.05, 4.69) is 10.3 Å². The fraction of sp³-hybridized carbons (Fsp3) is 0.167. The third-order valence-corrected chi connectivity index (χ3v) is 2.44. The number of hydrogen-bond acceptors (Lipinski definition) is 3. The van der Waals surface area contributed by atoms with Crippen LogP contribution in [0.15, 0.2) is 41.3 Å². The number of oxazole rings is 1. The van der Waals surface area contributed by atoms with Gasteiger partial charge in [0, 0.05) is 5.02 Å². The molecule has 0 saturated carbocycles. The summed E-state index contributed by atoms with van der Waals surface area (Å²) in [7, 11) is 0. The Bertz CT molecular complexity index is 497. The second-order valence-electron chi connectivity index (χ2n) is 3.56. The number of nitrogens with zero attached hydrogens (tertiary/aromatic N) is 1. The Hall–Kier alpha value is -1.81. The topological polar surface area (TPSA) is 55.1 Å². The van der Waals surface area contributed by atoms with Crippen molar-refractivity contribution >= 4 is 17.5 Å². The Balaban J connectivity index is 1.85. The molecule has 0 fully saturated rings. The Morgan fingerprint density at radius 3 is 3.06 bits per heavy atom. The average Bonchev–Trinajstić information content (AvgIpc) is 2.79. The van der Waals surface area contributed by atoms with Crippen LogP contribution in [0.2, 0.25) is 5.02 Å². The smallest absolute Gasteiger partial charge is 0.224 e. The second-order valence-corrected chi connectivity index (χ2v) is 4.00. The highest BCUT2D eigenvalue weighted by Gasteiger charge is 2.04. The highest BCUT2D eigenvalue weighted by atomic mass is 35.5. The first-order valence-electron chi connectivity index (χ1n) is 5.12. The van der Waals surface area contributed by atoms with Crippen LogP contribution in [0.4, 0.5) is 0 Å². The zero-order valence-corrected chi connectivity index (χ0v) is 9.78. The molecule has 1 N–H and O–H groups in total. The molecule has 5 heteroatoms. The first kappa shape index (κ1) is 11.7. The molecule has 0 unspecified atom stereocenters. The predicted octanol–water partition coefficient (Wildman–Crippen LogP) is 2.19. The van der Waals surface area contributed by atoms with Gasteiger partial charge in [-0.05, 0) is 17.7 Å². The van der Waals surface area contributed by atoms with Crippen molar-refractivity contribution in [2.45, 2.75) is 13.0 Å². The molecule has 0 aliphatic rings. The molecule has 88 valence electrons. The van der Waals surface area contributed by atoms with Gasteiger partial charge in [0.1, 0.15) is 6.26 Å². The summed E-state index contributed by atoms with van der Waals surface area (Å²) in [6.45, 7) is 0.371. The number of hydrogen-bond donors (Lipinski definition) is 1. The van der Waals surface area contributed by atoms with Gasteiger partial charge in [0.05, 0.1) is 18.7 Å². The summed E-state index contributed by atoms with van der Waals surface area (Å²) in [5.74, 6) is -0.0738. The third kappa shape index (κ3) is 3.60. The van der Waals surface area contributed by atoms with Crippen LogP contribution in [0.5, 0.6) is 0 Å². The van der Waals surface area contributed by atoms with Crippen LogP contribution in [0, 0.1) is 0 Å². The number of rotatable bonds is 4. The zero-order chi connectivity index (χ0) is 12.1. The molecule has 1 heterocycles. The maximum atomic E-state index is 11.6. The number of carbonyl (C=O) groups is 1. The molecule has 1 aromatic carbocycles. The van der Waals surface area contributed by atoms with Gasteiger partial charge in [0.2, 0.25) is 5.91 Å². The van der Waals surface area contributed by atoms with E-state index in [1.54, 1.807) is 12.1 Å². The van der Waals surface area contributed by atoms with Crippen LogP contribution in [0.3, 0.4) is 0 Å². The largest absolute Gasteiger partial charge is 0.451 e. The van der Waals surface area contributed by atoms with Crippen LogP contribution in [0.25, 0.3) is 0 Å². The fourth-order valence-electron chi connectivity index (χ4n) is 1.41. The van der Waals surface area contributed by atoms with Crippen LogP contribution in [0.1, 0.15) is 11.3 Å². The molecule has 0 atom stereocenters. The van der Waals surface area contributed by atoms with E-state index in [-0.39, 0.29) is 5.91 Å². The lowest BCUT2D eigenvalue weighted by Crippen LogP contribution is -2.24. The summed E-state index contributed by atoms with van der Waals surface area (Å²) in [5.41, 5.74) is 1.58. The lowest BCUT2D eigenvalue weighted by atomic mass is 10.1. The van der Waals surface area contributed by atoms with Crippen LogP contribution in [-0.2, 0) is 17.8 Å². The molecule has 2 rings (SSSR count). The Morgan fingerprint density at radius 2 is 2.35 bits per heavy atom. The third-order valence-electron chi connectivity index (χ3n) is 2.20. The minimum absolute atomic E-state index is 0.0738. The quantitative estimate of drug-likeness (QED) is 0.905. The molecule has 1 aromatic heterocycles. The molecule has 1 amide bonds. The maximum absolute atomic E-state index is 11.6. The number of nitrogens with one attached hydrogen (secondary N) is 1. The molecular weight excluding hydrogens is 240 g/mol. The van der Waals surface area contributed by atoms with Gasteiger partial charge < -0.3 is 9.73 Å². The number of aromatic nitrogens is 1. The summed E-state index contributed by atoms with van der Waals surface area (Å²) in [5, 5.41) is 3.38. The van der Waals surface area contributed by atoms with Crippen molar-refractivity contribution in [3.05, 3.63) is 53.2 Å². The summed E-state index contributed by atoms with van der Waals surface area (Å²) >= 11 is 5.83. The van der Waals surface area contributed by atoms with E-state index in [4.69, 9.17) is 16.0 Å². The van der Waals surface area contributed by atoms with E-state index < -0.39 is 0 Å². The van der Waals surface area contributed by atoms with E-state index in [1.165, 1.54) is 12.7 Å². The lowest BCUT2D eigenvalue weighted by molar-refractivity contribution is -0.120. The molecule has 0 saturated heterocycles. The van der Waals surface area contributed by atoms with Crippen LogP contribution in [-0.4, -0.2) is 10.9 Å². The maximum Gasteiger partial charge on any atom is 0.224 e. The van der Waals surface area contributed by atoms with E-state index in [9.17, 15) is 4.79 Å². The van der Waals surface area contributed by atoms with Crippen molar-refractivity contribution in [1.29, 1.82) is 0 Å². The average molecular weight is 251 g/mol. The highest BCUT2D eigenvalue weighted by Crippen LogP contribution is 2.10. The van der Waals surface area contributed by atoms with Crippen molar-refractivity contribution < 1.29 is 9.21 Å². The van der Waals surface area contributed by atoms with Crippen molar-refractivity contribution in [3.8, 4) is 0 Å². The predicted molar refractivity (Wildman–Crippen MR) is 63.5 cm³/mol. The molecule has 2 aromatic rings. The van der Waals surface area contributed by atoms with E-state index in [0.29, 0.717) is 23.7 Å². The van der Waals surface area contributed by atoms with Gasteiger partial charge in [-0.2, -0.15) is 0 Å². The van der Waals surface area contributed by atoms with Crippen molar-refractivity contribution in [2.75, 3.05) is 0 Å². The monoisotopic (exact) mass is 250 g/mol. The number of carbonyl (C=O) groups excluding carboxylic acids is 1. The summed E-state index contributed by atoms with van der Waals surface area (Å²) < 4.78 is 4.80. The number of benzene rings is 1. The minimum atomic E-state index is -0.0738. The van der Waals surface area contributed by atoms with Gasteiger partial charge in [-0.25, -0.2) is 4.98 Å². The van der Waals surface area contributed by atoms with Crippen molar-refractivity contribution in [3.63, 3.8) is 0 Å². The van der Waals surface area contributed by atoms with Crippen LogP contribution < -0.4 is 5.32 Å². The zero-order valence-electron chi connectivity index (χ0n) is 9.02. The van der Waals surface area contributed by atoms with E-state index >= 15 is 0 Å². The van der Waals surface area contributed by atoms with E-state index in [0.717, 1.165) is 5.56 Å². The first-order valence-corrected chi connectivity index (χ1v) is 5.50. The van der Waals surface area contributed by atoms with Gasteiger partial charge in [0.25, 0.3) is 0 Å². The number of amides is 1. The molecule has 0 aliphatic carbocycles. The number of halogens is 1. The Labute approximate surface area is 104 Å². The van der Waals surface area contributed by atoms with Gasteiger partial charge in [-0.1, -0.05) is 23.7 Å². The van der Waals surface area contributed by atoms with Crippen LogP contribution >= 0.6 is 11.6 Å². The Kier molecular flexibility index (Phi) is 3.77. The minimum Gasteiger partial charge on any atom is -0.451 e. The SMILES string of the molecule is O=C(Cc1cccc(Cl)c1)NCc1cocn1. The second kappa shape index (κ2) is 5.50. The molecule has 17 heavy (non-hydrogen) atoms. The normalized spacial score (nSPS) is 10.2. The molecule has 0 aliphatic heterocycles. The fourth-order valence-corrected chi connectivity index (χ4v) is 1.62. The molecule has 0 radical (unpaired) electrons. The lowest BCUT2D eigenvalue weighted by Gasteiger charge is -2.03. The summed E-state index contributed by atoms with van der Waals surface area (Å²) in [6, 6.07) is 7.24. The first-order chi connectivity index (χ1) is 8.24. The van der Waals surface area contributed by atoms with Gasteiger partial charge in [-0.3, -0.25) is 4.79 Å². The highest BCUT2D eigenvalue weighted by molar-refractivity contribution is 6.30. The van der Waals surface area contributed by atoms with Gasteiger partial charge in [-0.15, -0.1) is 0 Å². The van der Waals surface area contributed by atoms with Crippen molar-refractivity contribution in [2.24, 2.45) is 0 Å². The molecule has 0 spiro atoms. The molecule has 0 bridgehead atoms. The van der Waals surface area contributed by atoms with Gasteiger partial charge in [0.15, 0.2) is 6.39 Å². The van der Waals surface area contributed by atoms with Crippen molar-refractivity contribution in [1.82, 2.24) is 10.3 Å². The molecule has 4 nitrogen and oxygen atoms in total. The Morgan fingerprint density at radius 1 is 1.47 bits per heavy atom. The summed E-state index contributed by atoms with van der Waals surface area (Å²) in [4.78, 5) is 15.5. The standard InChI is InChI=1S/C12H11ClN2O2/c13-10-3-1-2-9(4-10)5-12(16)14-6-11-7-17-8-15-11/h1-4,7-8H,5-6H2,(H,14,16). The van der Waals surface area contributed by atoms with E-state index in [1.807, 2.05) is 12.1 Å².